The molecule has 116 valence electrons. The Morgan fingerprint density at radius 1 is 0.826 bits per heavy atom. The van der Waals surface area contributed by atoms with E-state index in [9.17, 15) is 0 Å². The highest BCUT2D eigenvalue weighted by molar-refractivity contribution is 6.06. The van der Waals surface area contributed by atoms with Crippen LogP contribution in [0.5, 0.6) is 0 Å². The maximum absolute atomic E-state index is 8.94. The molecule has 0 atom stereocenters. The molecule has 23 heavy (non-hydrogen) atoms. The quantitative estimate of drug-likeness (QED) is 0.219. The highest BCUT2D eigenvalue weighted by Gasteiger charge is 2.00. The molecule has 0 unspecified atom stereocenters. The second kappa shape index (κ2) is 8.96. The van der Waals surface area contributed by atoms with Gasteiger partial charge in [0.1, 0.15) is 0 Å². The van der Waals surface area contributed by atoms with Gasteiger partial charge >= 0.3 is 0 Å². The highest BCUT2D eigenvalue weighted by Crippen LogP contribution is 2.24. The number of rotatable bonds is 1. The van der Waals surface area contributed by atoms with Crippen LogP contribution in [0.25, 0.3) is 21.8 Å². The van der Waals surface area contributed by atoms with Crippen LogP contribution in [0.4, 0.5) is 0 Å². The number of para-hydroxylation sites is 2. The number of nitrogens with zero attached hydrogens (tertiary/aromatic N) is 1. The number of pyridine rings is 1. The Morgan fingerprint density at radius 3 is 1.65 bits per heavy atom. The van der Waals surface area contributed by atoms with E-state index >= 15 is 0 Å². The maximum atomic E-state index is 8.94. The molecule has 2 aromatic carbocycles. The molecule has 1 amide bonds. The van der Waals surface area contributed by atoms with Crippen LogP contribution in [0.3, 0.4) is 0 Å². The molecule has 4 rings (SSSR count). The Bertz CT molecular complexity index is 766. The lowest BCUT2D eigenvalue weighted by Gasteiger charge is -1.87. The van der Waals surface area contributed by atoms with E-state index in [4.69, 9.17) is 4.79 Å². The van der Waals surface area contributed by atoms with Gasteiger partial charge in [-0.2, -0.15) is 0 Å². The zero-order chi connectivity index (χ0) is 16.3. The second-order valence-electron chi connectivity index (χ2n) is 4.53. The van der Waals surface area contributed by atoms with Crippen LogP contribution < -0.4 is 11.3 Å². The van der Waals surface area contributed by atoms with Crippen molar-refractivity contribution in [3.05, 3.63) is 79.1 Å². The number of hydrogen-bond donors (Lipinski definition) is 3. The Balaban J connectivity index is 0.000000161. The first kappa shape index (κ1) is 16.2. The predicted molar refractivity (Wildman–Crippen MR) is 93.4 cm³/mol. The Labute approximate surface area is 134 Å². The summed E-state index contributed by atoms with van der Waals surface area (Å²) in [4.78, 5) is 16.1. The smallest absolute Gasteiger partial charge is 0.221 e. The number of hydrogen-bond acceptors (Lipinski definition) is 3. The number of fused-ring (bicyclic) bond motifs is 3. The molecule has 5 nitrogen and oxygen atoms in total. The summed E-state index contributed by atoms with van der Waals surface area (Å²) in [5, 5.41) is 2.61. The van der Waals surface area contributed by atoms with Crippen LogP contribution in [0.2, 0.25) is 0 Å². The number of nitrogens with one attached hydrogen (secondary N) is 2. The van der Waals surface area contributed by atoms with Gasteiger partial charge in [-0.05, 0) is 24.3 Å². The molecule has 4 aromatic rings. The van der Waals surface area contributed by atoms with Gasteiger partial charge in [0.25, 0.3) is 0 Å². The first-order valence-corrected chi connectivity index (χ1v) is 7.07. The van der Waals surface area contributed by atoms with Crippen molar-refractivity contribution in [3.63, 3.8) is 0 Å². The van der Waals surface area contributed by atoms with E-state index in [1.54, 1.807) is 17.8 Å². The molecule has 0 spiro atoms. The van der Waals surface area contributed by atoms with Gasteiger partial charge in [0.15, 0.2) is 0 Å². The minimum Gasteiger partial charge on any atom is -0.355 e. The van der Waals surface area contributed by atoms with E-state index in [0.29, 0.717) is 6.41 Å². The highest BCUT2D eigenvalue weighted by atomic mass is 16.1. The molecule has 0 aliphatic rings. The van der Waals surface area contributed by atoms with Gasteiger partial charge in [-0.3, -0.25) is 15.2 Å². The Hall–Kier alpha value is -3.18. The average Bonchev–Trinajstić information content (AvgIpc) is 3.03. The van der Waals surface area contributed by atoms with Crippen molar-refractivity contribution >= 4 is 28.2 Å². The summed E-state index contributed by atoms with van der Waals surface area (Å²) in [5.74, 6) is 4.41. The monoisotopic (exact) mass is 306 g/mol. The van der Waals surface area contributed by atoms with E-state index in [0.717, 1.165) is 0 Å². The minimum absolute atomic E-state index is 0.403. The van der Waals surface area contributed by atoms with E-state index in [1.807, 2.05) is 18.2 Å². The van der Waals surface area contributed by atoms with E-state index in [1.165, 1.54) is 21.8 Å². The fraction of sp³-hybridized carbons (Fsp3) is 0. The minimum atomic E-state index is 0.403. The largest absolute Gasteiger partial charge is 0.355 e. The zero-order valence-electron chi connectivity index (χ0n) is 12.5. The topological polar surface area (TPSA) is 83.8 Å². The van der Waals surface area contributed by atoms with Crippen LogP contribution in [0.15, 0.2) is 79.1 Å². The summed E-state index contributed by atoms with van der Waals surface area (Å²) < 4.78 is 0. The summed E-state index contributed by atoms with van der Waals surface area (Å²) in [6.45, 7) is 0. The van der Waals surface area contributed by atoms with Crippen molar-refractivity contribution < 1.29 is 4.79 Å². The summed E-state index contributed by atoms with van der Waals surface area (Å²) in [6, 6.07) is 22.5. The molecular weight excluding hydrogens is 288 g/mol. The lowest BCUT2D eigenvalue weighted by molar-refractivity contribution is -0.109. The number of aromatic nitrogens is 2. The third-order valence-corrected chi connectivity index (χ3v) is 3.05. The van der Waals surface area contributed by atoms with Crippen molar-refractivity contribution in [1.82, 2.24) is 15.4 Å². The number of H-pyrrole nitrogens is 1. The number of carbonyl (C=O) groups excluding carboxylic acids is 1. The van der Waals surface area contributed by atoms with E-state index in [2.05, 4.69) is 64.3 Å². The standard InChI is InChI=1S/C12H9N.C5H5N.CH4N2O/c1-3-7-11-9(5-1)10-6-2-4-8-12(10)13-11;1-2-4-6-5-3-1;2-3-1-4/h1-8,13H;1-5H;1H,2H2,(H,3,4). The van der Waals surface area contributed by atoms with E-state index < -0.39 is 0 Å². The summed E-state index contributed by atoms with van der Waals surface area (Å²) in [6.07, 6.45) is 3.90. The number of hydrazine groups is 1. The third-order valence-electron chi connectivity index (χ3n) is 3.05. The Kier molecular flexibility index (Phi) is 6.31. The Morgan fingerprint density at radius 2 is 1.30 bits per heavy atom. The van der Waals surface area contributed by atoms with Crippen LogP contribution in [-0.2, 0) is 4.79 Å². The van der Waals surface area contributed by atoms with Crippen LogP contribution >= 0.6 is 0 Å². The summed E-state index contributed by atoms with van der Waals surface area (Å²) >= 11 is 0. The van der Waals surface area contributed by atoms with Crippen molar-refractivity contribution in [2.45, 2.75) is 0 Å². The number of carbonyl (C=O) groups is 1. The van der Waals surface area contributed by atoms with Crippen molar-refractivity contribution in [3.8, 4) is 0 Å². The fourth-order valence-electron chi connectivity index (χ4n) is 2.11. The molecule has 2 heterocycles. The van der Waals surface area contributed by atoms with Gasteiger partial charge in [0.2, 0.25) is 6.41 Å². The molecule has 0 aliphatic heterocycles. The first-order chi connectivity index (χ1) is 11.4. The summed E-state index contributed by atoms with van der Waals surface area (Å²) in [5.41, 5.74) is 4.17. The second-order valence-corrected chi connectivity index (χ2v) is 4.53. The first-order valence-electron chi connectivity index (χ1n) is 7.07. The number of amides is 1. The molecule has 0 saturated heterocycles. The molecule has 0 fully saturated rings. The molecule has 0 saturated carbocycles. The molecule has 2 aromatic heterocycles. The molecule has 0 bridgehead atoms. The molecule has 5 heteroatoms. The van der Waals surface area contributed by atoms with Crippen LogP contribution in [-0.4, -0.2) is 16.4 Å². The van der Waals surface area contributed by atoms with Gasteiger partial charge in [-0.25, -0.2) is 5.84 Å². The molecule has 0 radical (unpaired) electrons. The van der Waals surface area contributed by atoms with Crippen molar-refractivity contribution in [1.29, 1.82) is 0 Å². The normalized spacial score (nSPS) is 9.26. The zero-order valence-corrected chi connectivity index (χ0v) is 12.5. The van der Waals surface area contributed by atoms with Gasteiger partial charge in [0.05, 0.1) is 0 Å². The van der Waals surface area contributed by atoms with E-state index in [-0.39, 0.29) is 0 Å². The average molecular weight is 306 g/mol. The van der Waals surface area contributed by atoms with Crippen LogP contribution in [0, 0.1) is 0 Å². The molecule has 0 aliphatic carbocycles. The molecule has 4 N–H and O–H groups in total. The van der Waals surface area contributed by atoms with Gasteiger partial charge in [0, 0.05) is 34.2 Å². The summed E-state index contributed by atoms with van der Waals surface area (Å²) in [7, 11) is 0. The molecular formula is C18H18N4O. The van der Waals surface area contributed by atoms with Gasteiger partial charge in [-0.1, -0.05) is 42.5 Å². The number of nitrogens with two attached hydrogens (primary N) is 1. The van der Waals surface area contributed by atoms with Gasteiger partial charge in [-0.15, -0.1) is 0 Å². The number of aromatic amines is 1. The predicted octanol–water partition coefficient (Wildman–Crippen LogP) is 3.01. The van der Waals surface area contributed by atoms with Gasteiger partial charge < -0.3 is 4.98 Å². The van der Waals surface area contributed by atoms with Crippen molar-refractivity contribution in [2.75, 3.05) is 0 Å². The number of benzene rings is 2. The van der Waals surface area contributed by atoms with Crippen molar-refractivity contribution in [2.24, 2.45) is 5.84 Å². The fourth-order valence-corrected chi connectivity index (χ4v) is 2.11. The van der Waals surface area contributed by atoms with Crippen LogP contribution in [0.1, 0.15) is 0 Å². The lowest BCUT2D eigenvalue weighted by atomic mass is 10.2. The SMILES string of the molecule is NNC=O.c1ccc2c(c1)[nH]c1ccccc12.c1ccncc1. The maximum Gasteiger partial charge on any atom is 0.221 e. The lowest BCUT2D eigenvalue weighted by Crippen LogP contribution is -2.18. The third kappa shape index (κ3) is 4.66.